The van der Waals surface area contributed by atoms with Crippen molar-refractivity contribution in [3.05, 3.63) is 138 Å². The lowest BCUT2D eigenvalue weighted by molar-refractivity contribution is 0.0942. The first-order chi connectivity index (χ1) is 14.8. The molecule has 4 rings (SSSR count). The third kappa shape index (κ3) is 4.95. The van der Waals surface area contributed by atoms with Crippen molar-refractivity contribution in [2.24, 2.45) is 0 Å². The topological polar surface area (TPSA) is 38.3 Å². The third-order valence-corrected chi connectivity index (χ3v) is 4.89. The normalized spacial score (nSPS) is 10.6. The molecule has 0 saturated carbocycles. The van der Waals surface area contributed by atoms with Crippen molar-refractivity contribution in [2.45, 2.75) is 12.6 Å². The van der Waals surface area contributed by atoms with E-state index in [0.29, 0.717) is 17.9 Å². The Morgan fingerprint density at radius 2 is 1.27 bits per heavy atom. The van der Waals surface area contributed by atoms with E-state index in [0.717, 1.165) is 16.7 Å². The number of carbonyl (C=O) groups excluding carboxylic acids is 1. The quantitative estimate of drug-likeness (QED) is 0.432. The van der Waals surface area contributed by atoms with Crippen LogP contribution in [0.2, 0.25) is 0 Å². The van der Waals surface area contributed by atoms with Crippen molar-refractivity contribution >= 4 is 5.91 Å². The molecule has 0 atom stereocenters. The molecular weight excluding hydrogens is 370 g/mol. The van der Waals surface area contributed by atoms with Gasteiger partial charge in [-0.25, -0.2) is 0 Å². The molecule has 0 fully saturated rings. The summed E-state index contributed by atoms with van der Waals surface area (Å²) in [7, 11) is 0. The highest BCUT2D eigenvalue weighted by atomic mass is 16.5. The lowest BCUT2D eigenvalue weighted by atomic mass is 9.98. The Kier molecular flexibility index (Phi) is 6.21. The van der Waals surface area contributed by atoms with E-state index < -0.39 is 0 Å². The number of ether oxygens (including phenoxy) is 1. The molecule has 0 bridgehead atoms. The molecule has 0 aliphatic heterocycles. The summed E-state index contributed by atoms with van der Waals surface area (Å²) in [6.07, 6.45) is 0. The van der Waals surface area contributed by atoms with E-state index in [4.69, 9.17) is 4.74 Å². The van der Waals surface area contributed by atoms with Gasteiger partial charge in [0.15, 0.2) is 0 Å². The van der Waals surface area contributed by atoms with Crippen LogP contribution in [-0.4, -0.2) is 5.91 Å². The molecule has 0 aliphatic carbocycles. The summed E-state index contributed by atoms with van der Waals surface area (Å²) in [4.78, 5) is 13.1. The third-order valence-electron chi connectivity index (χ3n) is 4.89. The molecule has 30 heavy (non-hydrogen) atoms. The summed E-state index contributed by atoms with van der Waals surface area (Å²) in [5, 5.41) is 3.17. The van der Waals surface area contributed by atoms with Crippen molar-refractivity contribution in [1.29, 1.82) is 0 Å². The Balaban J connectivity index is 1.51. The van der Waals surface area contributed by atoms with Gasteiger partial charge in [0.25, 0.3) is 5.91 Å². The Morgan fingerprint density at radius 1 is 0.700 bits per heavy atom. The minimum atomic E-state index is -0.228. The zero-order chi connectivity index (χ0) is 20.6. The Bertz CT molecular complexity index is 1040. The molecule has 0 saturated heterocycles. The summed E-state index contributed by atoms with van der Waals surface area (Å²) in [6, 6.07) is 37.0. The molecule has 1 N–H and O–H groups in total. The van der Waals surface area contributed by atoms with Crippen molar-refractivity contribution in [2.75, 3.05) is 0 Å². The van der Waals surface area contributed by atoms with Crippen molar-refractivity contribution in [3.63, 3.8) is 0 Å². The smallest absolute Gasteiger partial charge is 0.252 e. The van der Waals surface area contributed by atoms with E-state index in [9.17, 15) is 4.79 Å². The van der Waals surface area contributed by atoms with Gasteiger partial charge in [0.05, 0.1) is 6.04 Å². The van der Waals surface area contributed by atoms with Gasteiger partial charge >= 0.3 is 0 Å². The molecule has 3 heteroatoms. The van der Waals surface area contributed by atoms with Gasteiger partial charge in [0.1, 0.15) is 12.4 Å². The monoisotopic (exact) mass is 393 g/mol. The number of rotatable bonds is 7. The van der Waals surface area contributed by atoms with Crippen LogP contribution in [0, 0.1) is 0 Å². The SMILES string of the molecule is O=C(NC(c1ccccc1)c1ccccc1)c1cccc(OCc2ccccc2)c1. The van der Waals surface area contributed by atoms with Gasteiger partial charge < -0.3 is 10.1 Å². The first kappa shape index (κ1) is 19.5. The molecule has 3 nitrogen and oxygen atoms in total. The van der Waals surface area contributed by atoms with Crippen LogP contribution in [-0.2, 0) is 6.61 Å². The van der Waals surface area contributed by atoms with E-state index in [1.54, 1.807) is 12.1 Å². The maximum atomic E-state index is 13.1. The van der Waals surface area contributed by atoms with Crippen LogP contribution in [0.15, 0.2) is 115 Å². The van der Waals surface area contributed by atoms with Gasteiger partial charge in [-0.3, -0.25) is 4.79 Å². The van der Waals surface area contributed by atoms with Crippen LogP contribution in [0.5, 0.6) is 5.75 Å². The Hall–Kier alpha value is -3.85. The molecule has 0 radical (unpaired) electrons. The molecule has 4 aromatic carbocycles. The standard InChI is InChI=1S/C27H23NO2/c29-27(24-17-10-18-25(19-24)30-20-21-11-4-1-5-12-21)28-26(22-13-6-2-7-14-22)23-15-8-3-9-16-23/h1-19,26H,20H2,(H,28,29). The molecular formula is C27H23NO2. The minimum Gasteiger partial charge on any atom is -0.489 e. The average molecular weight is 393 g/mol. The number of benzene rings is 4. The number of hydrogen-bond donors (Lipinski definition) is 1. The van der Waals surface area contributed by atoms with Gasteiger partial charge in [-0.2, -0.15) is 0 Å². The number of nitrogens with one attached hydrogen (secondary N) is 1. The Morgan fingerprint density at radius 3 is 1.87 bits per heavy atom. The zero-order valence-electron chi connectivity index (χ0n) is 16.6. The van der Waals surface area contributed by atoms with Gasteiger partial charge in [0, 0.05) is 5.56 Å². The highest BCUT2D eigenvalue weighted by molar-refractivity contribution is 5.95. The van der Waals surface area contributed by atoms with E-state index in [2.05, 4.69) is 5.32 Å². The molecule has 148 valence electrons. The van der Waals surface area contributed by atoms with E-state index in [1.807, 2.05) is 103 Å². The maximum absolute atomic E-state index is 13.1. The largest absolute Gasteiger partial charge is 0.489 e. The van der Waals surface area contributed by atoms with Gasteiger partial charge in [-0.1, -0.05) is 97.1 Å². The maximum Gasteiger partial charge on any atom is 0.252 e. The van der Waals surface area contributed by atoms with Crippen molar-refractivity contribution < 1.29 is 9.53 Å². The summed E-state index contributed by atoms with van der Waals surface area (Å²) < 4.78 is 5.88. The second-order valence-corrected chi connectivity index (χ2v) is 7.03. The first-order valence-electron chi connectivity index (χ1n) is 9.97. The predicted molar refractivity (Wildman–Crippen MR) is 119 cm³/mol. The second kappa shape index (κ2) is 9.57. The van der Waals surface area contributed by atoms with Crippen LogP contribution < -0.4 is 10.1 Å². The highest BCUT2D eigenvalue weighted by Gasteiger charge is 2.18. The van der Waals surface area contributed by atoms with Crippen molar-refractivity contribution in [3.8, 4) is 5.75 Å². The number of hydrogen-bond acceptors (Lipinski definition) is 2. The minimum absolute atomic E-state index is 0.141. The van der Waals surface area contributed by atoms with Crippen LogP contribution in [0.1, 0.15) is 33.1 Å². The second-order valence-electron chi connectivity index (χ2n) is 7.03. The highest BCUT2D eigenvalue weighted by Crippen LogP contribution is 2.23. The summed E-state index contributed by atoms with van der Waals surface area (Å²) in [5.74, 6) is 0.528. The molecule has 0 aromatic heterocycles. The van der Waals surface area contributed by atoms with Gasteiger partial charge in [-0.15, -0.1) is 0 Å². The fourth-order valence-corrected chi connectivity index (χ4v) is 3.33. The van der Waals surface area contributed by atoms with Crippen molar-refractivity contribution in [1.82, 2.24) is 5.32 Å². The summed E-state index contributed by atoms with van der Waals surface area (Å²) >= 11 is 0. The molecule has 1 amide bonds. The average Bonchev–Trinajstić information content (AvgIpc) is 2.83. The van der Waals surface area contributed by atoms with Gasteiger partial charge in [0.2, 0.25) is 0 Å². The summed E-state index contributed by atoms with van der Waals surface area (Å²) in [5.41, 5.74) is 3.72. The van der Waals surface area contributed by atoms with Crippen LogP contribution in [0.4, 0.5) is 0 Å². The van der Waals surface area contributed by atoms with E-state index in [1.165, 1.54) is 0 Å². The number of carbonyl (C=O) groups is 1. The summed E-state index contributed by atoms with van der Waals surface area (Å²) in [6.45, 7) is 0.461. The lowest BCUT2D eigenvalue weighted by Gasteiger charge is -2.20. The fourth-order valence-electron chi connectivity index (χ4n) is 3.33. The number of amides is 1. The molecule has 4 aromatic rings. The predicted octanol–water partition coefficient (Wildman–Crippen LogP) is 5.79. The molecule has 0 heterocycles. The zero-order valence-corrected chi connectivity index (χ0v) is 16.6. The fraction of sp³-hybridized carbons (Fsp3) is 0.0741. The Labute approximate surface area is 177 Å². The molecule has 0 aliphatic rings. The van der Waals surface area contributed by atoms with Gasteiger partial charge in [-0.05, 0) is 34.9 Å². The van der Waals surface area contributed by atoms with E-state index >= 15 is 0 Å². The van der Waals surface area contributed by atoms with E-state index in [-0.39, 0.29) is 11.9 Å². The lowest BCUT2D eigenvalue weighted by Crippen LogP contribution is -2.29. The van der Waals surface area contributed by atoms with Crippen LogP contribution in [0.25, 0.3) is 0 Å². The van der Waals surface area contributed by atoms with Crippen LogP contribution >= 0.6 is 0 Å². The molecule has 0 unspecified atom stereocenters. The molecule has 0 spiro atoms. The van der Waals surface area contributed by atoms with Crippen LogP contribution in [0.3, 0.4) is 0 Å². The first-order valence-corrected chi connectivity index (χ1v) is 9.97.